The maximum atomic E-state index is 13.1. The molecule has 1 aliphatic heterocycles. The number of hydrogen-bond acceptors (Lipinski definition) is 3. The van der Waals surface area contributed by atoms with Crippen LogP contribution in [-0.4, -0.2) is 18.8 Å². The van der Waals surface area contributed by atoms with Crippen molar-refractivity contribution in [3.63, 3.8) is 0 Å². The van der Waals surface area contributed by atoms with Gasteiger partial charge < -0.3 is 15.2 Å². The number of fused-ring (bicyclic) bond motifs is 1. The van der Waals surface area contributed by atoms with Gasteiger partial charge in [-0.15, -0.1) is 0 Å². The average molecular weight is 239 g/mol. The molecular formula is C13H18FNO2. The van der Waals surface area contributed by atoms with Crippen LogP contribution in [0.2, 0.25) is 0 Å². The molecule has 2 rings (SSSR count). The van der Waals surface area contributed by atoms with Crippen LogP contribution in [0.4, 0.5) is 4.39 Å². The predicted molar refractivity (Wildman–Crippen MR) is 63.4 cm³/mol. The van der Waals surface area contributed by atoms with Crippen LogP contribution in [0.3, 0.4) is 0 Å². The van der Waals surface area contributed by atoms with Gasteiger partial charge in [0.15, 0.2) is 0 Å². The van der Waals surface area contributed by atoms with E-state index in [4.69, 9.17) is 15.2 Å². The van der Waals surface area contributed by atoms with E-state index >= 15 is 0 Å². The minimum Gasteiger partial charge on any atom is -0.484 e. The molecule has 0 fully saturated rings. The SMILES string of the molecule is COC(C)C1(C)C[C@@H](N)c2cc(F)ccc2O1. The van der Waals surface area contributed by atoms with E-state index in [0.717, 1.165) is 5.56 Å². The van der Waals surface area contributed by atoms with Crippen molar-refractivity contribution in [1.82, 2.24) is 0 Å². The zero-order valence-corrected chi connectivity index (χ0v) is 10.4. The summed E-state index contributed by atoms with van der Waals surface area (Å²) in [6.07, 6.45) is 0.533. The highest BCUT2D eigenvalue weighted by Crippen LogP contribution is 2.40. The first-order chi connectivity index (χ1) is 7.96. The minimum atomic E-state index is -0.473. The number of rotatable bonds is 2. The fraction of sp³-hybridized carbons (Fsp3) is 0.538. The molecule has 4 heteroatoms. The van der Waals surface area contributed by atoms with Crippen LogP contribution in [-0.2, 0) is 4.74 Å². The predicted octanol–water partition coefficient (Wildman–Crippen LogP) is 2.40. The number of hydrogen-bond donors (Lipinski definition) is 1. The fourth-order valence-electron chi connectivity index (χ4n) is 2.24. The van der Waals surface area contributed by atoms with Gasteiger partial charge in [0.2, 0.25) is 0 Å². The number of halogens is 1. The van der Waals surface area contributed by atoms with Crippen LogP contribution in [0.15, 0.2) is 18.2 Å². The van der Waals surface area contributed by atoms with E-state index in [2.05, 4.69) is 0 Å². The van der Waals surface area contributed by atoms with Gasteiger partial charge in [0.05, 0.1) is 6.10 Å². The summed E-state index contributed by atoms with van der Waals surface area (Å²) in [5.74, 6) is 0.364. The van der Waals surface area contributed by atoms with Crippen LogP contribution >= 0.6 is 0 Å². The van der Waals surface area contributed by atoms with E-state index in [1.807, 2.05) is 13.8 Å². The molecule has 2 N–H and O–H groups in total. The average Bonchev–Trinajstić information content (AvgIpc) is 2.29. The summed E-state index contributed by atoms with van der Waals surface area (Å²) in [5.41, 5.74) is 6.34. The van der Waals surface area contributed by atoms with Crippen LogP contribution < -0.4 is 10.5 Å². The largest absolute Gasteiger partial charge is 0.484 e. The molecular weight excluding hydrogens is 221 g/mol. The molecule has 0 amide bonds. The van der Waals surface area contributed by atoms with Crippen molar-refractivity contribution in [2.75, 3.05) is 7.11 Å². The van der Waals surface area contributed by atoms with Gasteiger partial charge in [-0.3, -0.25) is 0 Å². The van der Waals surface area contributed by atoms with E-state index in [0.29, 0.717) is 12.2 Å². The quantitative estimate of drug-likeness (QED) is 0.862. The van der Waals surface area contributed by atoms with Gasteiger partial charge in [0.25, 0.3) is 0 Å². The molecule has 2 unspecified atom stereocenters. The lowest BCUT2D eigenvalue weighted by atomic mass is 9.85. The maximum absolute atomic E-state index is 13.1. The second-order valence-corrected chi connectivity index (χ2v) is 4.79. The maximum Gasteiger partial charge on any atom is 0.134 e. The Balaban J connectivity index is 2.36. The molecule has 0 aromatic heterocycles. The van der Waals surface area contributed by atoms with Crippen molar-refractivity contribution in [2.45, 2.75) is 38.0 Å². The Labute approximate surface area is 101 Å². The molecule has 0 saturated heterocycles. The second kappa shape index (κ2) is 4.27. The first-order valence-corrected chi connectivity index (χ1v) is 5.73. The summed E-state index contributed by atoms with van der Waals surface area (Å²) in [5, 5.41) is 0. The highest BCUT2D eigenvalue weighted by molar-refractivity contribution is 5.39. The number of ether oxygens (including phenoxy) is 2. The van der Waals surface area contributed by atoms with Crippen molar-refractivity contribution >= 4 is 0 Å². The Morgan fingerprint density at radius 3 is 2.94 bits per heavy atom. The van der Waals surface area contributed by atoms with Crippen molar-refractivity contribution in [3.8, 4) is 5.75 Å². The van der Waals surface area contributed by atoms with Crippen molar-refractivity contribution < 1.29 is 13.9 Å². The summed E-state index contributed by atoms with van der Waals surface area (Å²) < 4.78 is 24.4. The molecule has 1 aliphatic rings. The molecule has 0 aliphatic carbocycles. The van der Waals surface area contributed by atoms with Gasteiger partial charge in [-0.05, 0) is 32.0 Å². The molecule has 1 aromatic rings. The zero-order chi connectivity index (χ0) is 12.6. The van der Waals surface area contributed by atoms with Gasteiger partial charge in [-0.1, -0.05) is 0 Å². The summed E-state index contributed by atoms with van der Waals surface area (Å²) in [6, 6.07) is 4.23. The van der Waals surface area contributed by atoms with Crippen molar-refractivity contribution in [3.05, 3.63) is 29.6 Å². The Morgan fingerprint density at radius 1 is 1.59 bits per heavy atom. The summed E-state index contributed by atoms with van der Waals surface area (Å²) >= 11 is 0. The molecule has 1 aromatic carbocycles. The van der Waals surface area contributed by atoms with Gasteiger partial charge in [0.1, 0.15) is 17.2 Å². The highest BCUT2D eigenvalue weighted by atomic mass is 19.1. The van der Waals surface area contributed by atoms with Gasteiger partial charge in [-0.25, -0.2) is 4.39 Å². The molecule has 0 bridgehead atoms. The van der Waals surface area contributed by atoms with Crippen LogP contribution in [0.5, 0.6) is 5.75 Å². The molecule has 1 heterocycles. The standard InChI is InChI=1S/C13H18FNO2/c1-8(16-3)13(2)7-11(15)10-6-9(14)4-5-12(10)17-13/h4-6,8,11H,7,15H2,1-3H3/t8?,11-,13?/m1/s1. The second-order valence-electron chi connectivity index (χ2n) is 4.79. The van der Waals surface area contributed by atoms with Crippen LogP contribution in [0.25, 0.3) is 0 Å². The third-order valence-electron chi connectivity index (χ3n) is 3.55. The van der Waals surface area contributed by atoms with E-state index in [9.17, 15) is 4.39 Å². The first kappa shape index (κ1) is 12.3. The lowest BCUT2D eigenvalue weighted by Crippen LogP contribution is -2.49. The third kappa shape index (κ3) is 2.15. The molecule has 0 saturated carbocycles. The Hall–Kier alpha value is -1.13. The van der Waals surface area contributed by atoms with Crippen LogP contribution in [0, 0.1) is 5.82 Å². The number of nitrogens with two attached hydrogens (primary N) is 1. The third-order valence-corrected chi connectivity index (χ3v) is 3.55. The molecule has 0 spiro atoms. The Bertz CT molecular complexity index is 424. The van der Waals surface area contributed by atoms with E-state index in [1.165, 1.54) is 12.1 Å². The summed E-state index contributed by atoms with van der Waals surface area (Å²) in [7, 11) is 1.64. The molecule has 94 valence electrons. The zero-order valence-electron chi connectivity index (χ0n) is 10.4. The van der Waals surface area contributed by atoms with E-state index in [1.54, 1.807) is 13.2 Å². The number of methoxy groups -OCH3 is 1. The fourth-order valence-corrected chi connectivity index (χ4v) is 2.24. The normalized spacial score (nSPS) is 29.4. The molecule has 3 atom stereocenters. The highest BCUT2D eigenvalue weighted by Gasteiger charge is 2.40. The number of benzene rings is 1. The monoisotopic (exact) mass is 239 g/mol. The van der Waals surface area contributed by atoms with Gasteiger partial charge in [0, 0.05) is 25.1 Å². The van der Waals surface area contributed by atoms with E-state index < -0.39 is 5.60 Å². The molecule has 3 nitrogen and oxygen atoms in total. The minimum absolute atomic E-state index is 0.0771. The van der Waals surface area contributed by atoms with Crippen molar-refractivity contribution in [2.24, 2.45) is 5.73 Å². The lowest BCUT2D eigenvalue weighted by molar-refractivity contribution is -0.0708. The van der Waals surface area contributed by atoms with E-state index in [-0.39, 0.29) is 18.0 Å². The van der Waals surface area contributed by atoms with Gasteiger partial charge in [-0.2, -0.15) is 0 Å². The van der Waals surface area contributed by atoms with Crippen LogP contribution in [0.1, 0.15) is 31.9 Å². The topological polar surface area (TPSA) is 44.5 Å². The van der Waals surface area contributed by atoms with Crippen molar-refractivity contribution in [1.29, 1.82) is 0 Å². The van der Waals surface area contributed by atoms with Gasteiger partial charge >= 0.3 is 0 Å². The Kier molecular flexibility index (Phi) is 3.10. The Morgan fingerprint density at radius 2 is 2.29 bits per heavy atom. The molecule has 0 radical (unpaired) electrons. The molecule has 17 heavy (non-hydrogen) atoms. The smallest absolute Gasteiger partial charge is 0.134 e. The summed E-state index contributed by atoms with van der Waals surface area (Å²) in [4.78, 5) is 0. The lowest BCUT2D eigenvalue weighted by Gasteiger charge is -2.41. The summed E-state index contributed by atoms with van der Waals surface area (Å²) in [6.45, 7) is 3.91. The first-order valence-electron chi connectivity index (χ1n) is 5.73.